The molecular weight excluding hydrogens is 208 g/mol. The SMILES string of the molecule is O=CCOCCN1CCN(CCCO)CC1. The highest BCUT2D eigenvalue weighted by atomic mass is 16.5. The first-order valence-electron chi connectivity index (χ1n) is 5.93. The van der Waals surface area contributed by atoms with Gasteiger partial charge in [0.2, 0.25) is 0 Å². The third-order valence-corrected chi connectivity index (χ3v) is 2.84. The van der Waals surface area contributed by atoms with E-state index in [1.807, 2.05) is 0 Å². The highest BCUT2D eigenvalue weighted by Gasteiger charge is 2.15. The smallest absolute Gasteiger partial charge is 0.145 e. The maximum absolute atomic E-state index is 10.0. The Bertz CT molecular complexity index is 182. The van der Waals surface area contributed by atoms with Crippen LogP contribution in [0.3, 0.4) is 0 Å². The molecule has 1 rings (SSSR count). The summed E-state index contributed by atoms with van der Waals surface area (Å²) in [7, 11) is 0. The van der Waals surface area contributed by atoms with Gasteiger partial charge in [0.15, 0.2) is 0 Å². The highest BCUT2D eigenvalue weighted by Crippen LogP contribution is 2.01. The molecule has 0 aliphatic carbocycles. The quantitative estimate of drug-likeness (QED) is 0.437. The van der Waals surface area contributed by atoms with Crippen molar-refractivity contribution in [3.63, 3.8) is 0 Å². The normalized spacial score (nSPS) is 18.8. The Kier molecular flexibility index (Phi) is 7.33. The monoisotopic (exact) mass is 230 g/mol. The highest BCUT2D eigenvalue weighted by molar-refractivity contribution is 5.50. The molecule has 0 bridgehead atoms. The fourth-order valence-electron chi connectivity index (χ4n) is 1.86. The van der Waals surface area contributed by atoms with Crippen molar-refractivity contribution in [3.05, 3.63) is 0 Å². The Morgan fingerprint density at radius 2 is 1.75 bits per heavy atom. The number of carbonyl (C=O) groups excluding carboxylic acids is 1. The van der Waals surface area contributed by atoms with Crippen molar-refractivity contribution in [2.45, 2.75) is 6.42 Å². The van der Waals surface area contributed by atoms with Gasteiger partial charge in [-0.25, -0.2) is 0 Å². The van der Waals surface area contributed by atoms with E-state index in [0.29, 0.717) is 6.61 Å². The van der Waals surface area contributed by atoms with Crippen molar-refractivity contribution in [3.8, 4) is 0 Å². The van der Waals surface area contributed by atoms with Gasteiger partial charge in [-0.1, -0.05) is 0 Å². The van der Waals surface area contributed by atoms with E-state index in [1.54, 1.807) is 0 Å². The summed E-state index contributed by atoms with van der Waals surface area (Å²) in [5.74, 6) is 0. The van der Waals surface area contributed by atoms with Crippen LogP contribution in [0.2, 0.25) is 0 Å². The van der Waals surface area contributed by atoms with Gasteiger partial charge in [0.1, 0.15) is 12.9 Å². The standard InChI is InChI=1S/C11H22N2O3/c14-8-1-2-12-3-5-13(6-4-12)7-10-16-11-9-15/h9,14H,1-8,10-11H2. The minimum absolute atomic E-state index is 0.205. The minimum Gasteiger partial charge on any atom is -0.396 e. The second kappa shape index (κ2) is 8.64. The molecular formula is C11H22N2O3. The third-order valence-electron chi connectivity index (χ3n) is 2.84. The average Bonchev–Trinajstić information content (AvgIpc) is 2.33. The van der Waals surface area contributed by atoms with Gasteiger partial charge in [0, 0.05) is 45.9 Å². The molecule has 1 fully saturated rings. The third kappa shape index (κ3) is 5.55. The number of aldehydes is 1. The van der Waals surface area contributed by atoms with Gasteiger partial charge in [-0.15, -0.1) is 0 Å². The van der Waals surface area contributed by atoms with E-state index in [4.69, 9.17) is 9.84 Å². The molecule has 1 aliphatic rings. The zero-order valence-electron chi connectivity index (χ0n) is 9.81. The number of nitrogens with zero attached hydrogens (tertiary/aromatic N) is 2. The molecule has 0 aromatic rings. The second-order valence-electron chi connectivity index (χ2n) is 4.00. The maximum Gasteiger partial charge on any atom is 0.145 e. The summed E-state index contributed by atoms with van der Waals surface area (Å²) in [5.41, 5.74) is 0. The van der Waals surface area contributed by atoms with Crippen molar-refractivity contribution in [2.75, 3.05) is 59.1 Å². The number of aliphatic hydroxyl groups is 1. The molecule has 0 amide bonds. The number of carbonyl (C=O) groups is 1. The van der Waals surface area contributed by atoms with Crippen LogP contribution in [0.15, 0.2) is 0 Å². The molecule has 0 aromatic heterocycles. The fourth-order valence-corrected chi connectivity index (χ4v) is 1.86. The van der Waals surface area contributed by atoms with Crippen LogP contribution < -0.4 is 0 Å². The lowest BCUT2D eigenvalue weighted by molar-refractivity contribution is -0.112. The van der Waals surface area contributed by atoms with E-state index in [1.165, 1.54) is 0 Å². The molecule has 1 aliphatic heterocycles. The van der Waals surface area contributed by atoms with Gasteiger partial charge in [-0.05, 0) is 6.42 Å². The van der Waals surface area contributed by atoms with Gasteiger partial charge in [0.05, 0.1) is 6.61 Å². The summed E-state index contributed by atoms with van der Waals surface area (Å²) in [4.78, 5) is 14.8. The molecule has 0 aromatic carbocycles. The first-order valence-corrected chi connectivity index (χ1v) is 5.93. The van der Waals surface area contributed by atoms with Crippen LogP contribution in [0, 0.1) is 0 Å². The molecule has 5 heteroatoms. The zero-order valence-corrected chi connectivity index (χ0v) is 9.81. The number of aliphatic hydroxyl groups excluding tert-OH is 1. The first kappa shape index (κ1) is 13.6. The summed E-state index contributed by atoms with van der Waals surface area (Å²) >= 11 is 0. The van der Waals surface area contributed by atoms with Crippen LogP contribution in [0.4, 0.5) is 0 Å². The number of piperazine rings is 1. The molecule has 1 saturated heterocycles. The van der Waals surface area contributed by atoms with Gasteiger partial charge in [-0.3, -0.25) is 4.90 Å². The molecule has 0 unspecified atom stereocenters. The number of hydrogen-bond donors (Lipinski definition) is 1. The van der Waals surface area contributed by atoms with Crippen LogP contribution in [0.25, 0.3) is 0 Å². The van der Waals surface area contributed by atoms with E-state index in [-0.39, 0.29) is 13.2 Å². The molecule has 0 atom stereocenters. The van der Waals surface area contributed by atoms with Crippen molar-refractivity contribution in [1.29, 1.82) is 0 Å². The lowest BCUT2D eigenvalue weighted by Gasteiger charge is -2.34. The lowest BCUT2D eigenvalue weighted by Crippen LogP contribution is -2.47. The molecule has 5 nitrogen and oxygen atoms in total. The van der Waals surface area contributed by atoms with Crippen molar-refractivity contribution >= 4 is 6.29 Å². The largest absolute Gasteiger partial charge is 0.396 e. The van der Waals surface area contributed by atoms with Crippen molar-refractivity contribution < 1.29 is 14.6 Å². The van der Waals surface area contributed by atoms with Crippen LogP contribution in [0.5, 0.6) is 0 Å². The predicted octanol–water partition coefficient (Wildman–Crippen LogP) is -0.798. The minimum atomic E-state index is 0.205. The van der Waals surface area contributed by atoms with Crippen molar-refractivity contribution in [2.24, 2.45) is 0 Å². The lowest BCUT2D eigenvalue weighted by atomic mass is 10.3. The molecule has 0 radical (unpaired) electrons. The Balaban J connectivity index is 2.00. The van der Waals surface area contributed by atoms with E-state index in [2.05, 4.69) is 9.80 Å². The second-order valence-corrected chi connectivity index (χ2v) is 4.00. The Labute approximate surface area is 97.0 Å². The van der Waals surface area contributed by atoms with Crippen molar-refractivity contribution in [1.82, 2.24) is 9.80 Å². The summed E-state index contributed by atoms with van der Waals surface area (Å²) in [6.45, 7) is 7.24. The van der Waals surface area contributed by atoms with Gasteiger partial charge in [-0.2, -0.15) is 0 Å². The number of rotatable bonds is 8. The van der Waals surface area contributed by atoms with Gasteiger partial charge >= 0.3 is 0 Å². The molecule has 0 spiro atoms. The van der Waals surface area contributed by atoms with Crippen LogP contribution in [0.1, 0.15) is 6.42 Å². The first-order chi connectivity index (χ1) is 7.86. The molecule has 1 N–H and O–H groups in total. The molecule has 1 heterocycles. The molecule has 0 saturated carbocycles. The van der Waals surface area contributed by atoms with Gasteiger partial charge in [0.25, 0.3) is 0 Å². The zero-order chi connectivity index (χ0) is 11.6. The number of hydrogen-bond acceptors (Lipinski definition) is 5. The summed E-state index contributed by atoms with van der Waals surface area (Å²) in [6, 6.07) is 0. The number of ether oxygens (including phenoxy) is 1. The summed E-state index contributed by atoms with van der Waals surface area (Å²) < 4.78 is 5.12. The summed E-state index contributed by atoms with van der Waals surface area (Å²) in [5, 5.41) is 8.73. The maximum atomic E-state index is 10.0. The Hall–Kier alpha value is -0.490. The fraction of sp³-hybridized carbons (Fsp3) is 0.909. The van der Waals surface area contributed by atoms with Crippen LogP contribution in [-0.4, -0.2) is 80.3 Å². The van der Waals surface area contributed by atoms with E-state index in [9.17, 15) is 4.79 Å². The van der Waals surface area contributed by atoms with E-state index in [0.717, 1.165) is 52.0 Å². The Morgan fingerprint density at radius 3 is 2.31 bits per heavy atom. The molecule has 94 valence electrons. The predicted molar refractivity (Wildman–Crippen MR) is 61.5 cm³/mol. The topological polar surface area (TPSA) is 53.0 Å². The Morgan fingerprint density at radius 1 is 1.12 bits per heavy atom. The summed E-state index contributed by atoms with van der Waals surface area (Å²) in [6.07, 6.45) is 1.65. The van der Waals surface area contributed by atoms with Gasteiger partial charge < -0.3 is 19.5 Å². The molecule has 16 heavy (non-hydrogen) atoms. The van der Waals surface area contributed by atoms with Crippen LogP contribution in [-0.2, 0) is 9.53 Å². The van der Waals surface area contributed by atoms with E-state index >= 15 is 0 Å². The van der Waals surface area contributed by atoms with Crippen LogP contribution >= 0.6 is 0 Å². The van der Waals surface area contributed by atoms with E-state index < -0.39 is 0 Å². The average molecular weight is 230 g/mol.